The molecule has 1 aliphatic rings. The van der Waals surface area contributed by atoms with Crippen molar-refractivity contribution in [1.82, 2.24) is 4.31 Å². The normalized spacial score (nSPS) is 19.8. The number of ether oxygens (including phenoxy) is 1. The van der Waals surface area contributed by atoms with Crippen LogP contribution in [0.3, 0.4) is 0 Å². The molecule has 92 valence electrons. The molecule has 0 saturated heterocycles. The number of nitrogens with zero attached hydrogens (tertiary/aromatic N) is 1. The first-order valence-electron chi connectivity index (χ1n) is 4.74. The molecule has 0 aromatic heterocycles. The van der Waals surface area contributed by atoms with Crippen LogP contribution in [0.4, 0.5) is 4.79 Å². The average molecular weight is 249 g/mol. The van der Waals surface area contributed by atoms with Crippen molar-refractivity contribution in [2.24, 2.45) is 0 Å². The molecule has 1 aliphatic heterocycles. The first-order valence-corrected chi connectivity index (χ1v) is 6.10. The summed E-state index contributed by atoms with van der Waals surface area (Å²) in [6.07, 6.45) is 0.557. The van der Waals surface area contributed by atoms with Gasteiger partial charge < -0.3 is 8.92 Å². The third kappa shape index (κ3) is 3.13. The average Bonchev–Trinajstić information content (AvgIpc) is 1.97. The Hall–Kier alpha value is -1.24. The fourth-order valence-electron chi connectivity index (χ4n) is 1.03. The molecular weight excluding hydrogens is 234 g/mol. The van der Waals surface area contributed by atoms with Crippen molar-refractivity contribution in [3.05, 3.63) is 11.8 Å². The van der Waals surface area contributed by atoms with E-state index in [1.54, 1.807) is 20.8 Å². The Balaban J connectivity index is 2.86. The fraction of sp³-hybridized carbons (Fsp3) is 0.667. The Kier molecular flexibility index (Phi) is 3.18. The van der Waals surface area contributed by atoms with Crippen LogP contribution < -0.4 is 0 Å². The molecule has 0 fully saturated rings. The minimum absolute atomic E-state index is 0.0664. The van der Waals surface area contributed by atoms with E-state index in [1.807, 2.05) is 0 Å². The molecule has 0 unspecified atom stereocenters. The van der Waals surface area contributed by atoms with Gasteiger partial charge in [0.2, 0.25) is 0 Å². The van der Waals surface area contributed by atoms with Crippen molar-refractivity contribution in [3.8, 4) is 0 Å². The van der Waals surface area contributed by atoms with Crippen LogP contribution in [0.2, 0.25) is 0 Å². The number of rotatable bonds is 0. The smallest absolute Gasteiger partial charge is 0.427 e. The van der Waals surface area contributed by atoms with E-state index >= 15 is 0 Å². The summed E-state index contributed by atoms with van der Waals surface area (Å²) in [4.78, 5) is 11.6. The van der Waals surface area contributed by atoms with Crippen LogP contribution in [-0.4, -0.2) is 31.0 Å². The Morgan fingerprint density at radius 2 is 2.06 bits per heavy atom. The van der Waals surface area contributed by atoms with Crippen molar-refractivity contribution in [1.29, 1.82) is 0 Å². The summed E-state index contributed by atoms with van der Waals surface area (Å²) < 4.78 is 33.0. The van der Waals surface area contributed by atoms with Gasteiger partial charge in [-0.3, -0.25) is 0 Å². The van der Waals surface area contributed by atoms with Gasteiger partial charge in [-0.1, -0.05) is 0 Å². The van der Waals surface area contributed by atoms with Crippen molar-refractivity contribution in [2.75, 3.05) is 6.54 Å². The Morgan fingerprint density at radius 1 is 1.50 bits per heavy atom. The predicted octanol–water partition coefficient (Wildman–Crippen LogP) is 1.40. The molecule has 0 N–H and O–H groups in total. The highest BCUT2D eigenvalue weighted by Crippen LogP contribution is 2.19. The van der Waals surface area contributed by atoms with Gasteiger partial charge in [-0.2, -0.15) is 12.7 Å². The molecule has 0 saturated carbocycles. The molecule has 0 aromatic rings. The van der Waals surface area contributed by atoms with Gasteiger partial charge in [0.1, 0.15) is 11.4 Å². The van der Waals surface area contributed by atoms with Crippen molar-refractivity contribution >= 4 is 16.4 Å². The zero-order valence-corrected chi connectivity index (χ0v) is 10.5. The largest absolute Gasteiger partial charge is 0.443 e. The van der Waals surface area contributed by atoms with E-state index in [0.717, 1.165) is 0 Å². The van der Waals surface area contributed by atoms with Gasteiger partial charge in [0.25, 0.3) is 0 Å². The van der Waals surface area contributed by atoms with Crippen molar-refractivity contribution in [3.63, 3.8) is 0 Å². The third-order valence-corrected chi connectivity index (χ3v) is 2.96. The number of hydrogen-bond acceptors (Lipinski definition) is 5. The van der Waals surface area contributed by atoms with Crippen LogP contribution in [0.5, 0.6) is 0 Å². The first-order chi connectivity index (χ1) is 7.12. The third-order valence-electron chi connectivity index (χ3n) is 1.65. The molecule has 0 aliphatic carbocycles. The van der Waals surface area contributed by atoms with E-state index in [-0.39, 0.29) is 12.3 Å². The van der Waals surface area contributed by atoms with Crippen LogP contribution in [0, 0.1) is 0 Å². The Bertz CT molecular complexity index is 418. The number of carbonyl (C=O) groups excluding carboxylic acids is 1. The summed E-state index contributed by atoms with van der Waals surface area (Å²) in [5, 5.41) is 0. The minimum Gasteiger partial charge on any atom is -0.443 e. The number of carbonyl (C=O) groups is 1. The van der Waals surface area contributed by atoms with E-state index in [9.17, 15) is 13.2 Å². The van der Waals surface area contributed by atoms with Gasteiger partial charge in [0.15, 0.2) is 0 Å². The summed E-state index contributed by atoms with van der Waals surface area (Å²) >= 11 is 0. The van der Waals surface area contributed by atoms with Crippen LogP contribution in [-0.2, 0) is 19.2 Å². The minimum atomic E-state index is -4.05. The molecule has 0 spiro atoms. The number of amides is 1. The second-order valence-corrected chi connectivity index (χ2v) is 5.83. The topological polar surface area (TPSA) is 72.9 Å². The number of allylic oxidation sites excluding steroid dienone is 1. The lowest BCUT2D eigenvalue weighted by Gasteiger charge is -2.27. The maximum Gasteiger partial charge on any atom is 0.427 e. The van der Waals surface area contributed by atoms with Gasteiger partial charge >= 0.3 is 16.4 Å². The van der Waals surface area contributed by atoms with E-state index < -0.39 is 22.0 Å². The van der Waals surface area contributed by atoms with Gasteiger partial charge in [-0.25, -0.2) is 4.79 Å². The molecule has 0 bridgehead atoms. The molecule has 6 nitrogen and oxygen atoms in total. The van der Waals surface area contributed by atoms with Crippen molar-refractivity contribution < 1.29 is 22.1 Å². The zero-order valence-electron chi connectivity index (χ0n) is 9.68. The second-order valence-electron chi connectivity index (χ2n) is 4.37. The molecule has 0 radical (unpaired) electrons. The summed E-state index contributed by atoms with van der Waals surface area (Å²) in [6, 6.07) is 0. The second kappa shape index (κ2) is 3.97. The van der Waals surface area contributed by atoms with E-state index in [2.05, 4.69) is 4.18 Å². The quantitative estimate of drug-likeness (QED) is 0.649. The standard InChI is InChI=1S/C9H15NO5S/c1-7-5-6-10(16(12,13)15-7)8(11)14-9(2,3)4/h5H,6H2,1-4H3. The lowest BCUT2D eigenvalue weighted by atomic mass is 10.2. The predicted molar refractivity (Wildman–Crippen MR) is 56.7 cm³/mol. The SMILES string of the molecule is CC1=CCN(C(=O)OC(C)(C)C)S(=O)(=O)O1. The maximum absolute atomic E-state index is 11.6. The van der Waals surface area contributed by atoms with E-state index in [0.29, 0.717) is 4.31 Å². The van der Waals surface area contributed by atoms with Crippen LogP contribution in [0.25, 0.3) is 0 Å². The highest BCUT2D eigenvalue weighted by molar-refractivity contribution is 7.85. The van der Waals surface area contributed by atoms with Crippen LogP contribution >= 0.6 is 0 Å². The Morgan fingerprint density at radius 3 is 2.50 bits per heavy atom. The van der Waals surface area contributed by atoms with Crippen LogP contribution in [0.1, 0.15) is 27.7 Å². The summed E-state index contributed by atoms with van der Waals surface area (Å²) in [5.74, 6) is 0.250. The molecule has 7 heteroatoms. The van der Waals surface area contributed by atoms with Crippen molar-refractivity contribution in [2.45, 2.75) is 33.3 Å². The molecular formula is C9H15NO5S. The van der Waals surface area contributed by atoms with E-state index in [1.165, 1.54) is 13.0 Å². The first kappa shape index (κ1) is 12.8. The monoisotopic (exact) mass is 249 g/mol. The maximum atomic E-state index is 11.6. The summed E-state index contributed by atoms with van der Waals surface area (Å²) in [5.41, 5.74) is -0.747. The summed E-state index contributed by atoms with van der Waals surface area (Å²) in [6.45, 7) is 6.41. The molecule has 1 heterocycles. The Labute approximate surface area is 95.1 Å². The van der Waals surface area contributed by atoms with Gasteiger partial charge in [0, 0.05) is 0 Å². The molecule has 0 aromatic carbocycles. The highest BCUT2D eigenvalue weighted by atomic mass is 32.2. The zero-order chi connectivity index (χ0) is 12.6. The molecule has 1 rings (SSSR count). The lowest BCUT2D eigenvalue weighted by molar-refractivity contribution is 0.0383. The van der Waals surface area contributed by atoms with E-state index in [4.69, 9.17) is 4.74 Å². The van der Waals surface area contributed by atoms with Gasteiger partial charge in [-0.15, -0.1) is 0 Å². The summed E-state index contributed by atoms with van der Waals surface area (Å²) in [7, 11) is -4.05. The van der Waals surface area contributed by atoms with Crippen LogP contribution in [0.15, 0.2) is 11.8 Å². The van der Waals surface area contributed by atoms with Gasteiger partial charge in [-0.05, 0) is 33.8 Å². The number of hydrogen-bond donors (Lipinski definition) is 0. The lowest BCUT2D eigenvalue weighted by Crippen LogP contribution is -2.43. The molecule has 0 atom stereocenters. The highest BCUT2D eigenvalue weighted by Gasteiger charge is 2.35. The van der Waals surface area contributed by atoms with Gasteiger partial charge in [0.05, 0.1) is 6.54 Å². The molecule has 1 amide bonds. The molecule has 16 heavy (non-hydrogen) atoms. The fourth-order valence-corrected chi connectivity index (χ4v) is 1.99.